The summed E-state index contributed by atoms with van der Waals surface area (Å²) >= 11 is 0. The molecule has 2 N–H and O–H groups in total. The van der Waals surface area contributed by atoms with Crippen molar-refractivity contribution in [3.8, 4) is 0 Å². The van der Waals surface area contributed by atoms with Crippen molar-refractivity contribution in [2.75, 3.05) is 19.3 Å². The van der Waals surface area contributed by atoms with Crippen molar-refractivity contribution in [2.24, 2.45) is 5.92 Å². The molecule has 0 bridgehead atoms. The second-order valence-corrected chi connectivity index (χ2v) is 6.82. The highest BCUT2D eigenvalue weighted by atomic mass is 32.2. The van der Waals surface area contributed by atoms with Crippen LogP contribution in [0.3, 0.4) is 0 Å². The molecule has 16 heavy (non-hydrogen) atoms. The maximum atomic E-state index is 11.1. The average molecular weight is 250 g/mol. The molecule has 0 rings (SSSR count). The van der Waals surface area contributed by atoms with Crippen LogP contribution in [0.25, 0.3) is 0 Å². The van der Waals surface area contributed by atoms with Crippen LogP contribution in [0.2, 0.25) is 0 Å². The first-order chi connectivity index (χ1) is 7.20. The lowest BCUT2D eigenvalue weighted by atomic mass is 10.0. The number of rotatable bonds is 8. The highest BCUT2D eigenvalue weighted by Gasteiger charge is 2.21. The van der Waals surface area contributed by atoms with Gasteiger partial charge < -0.3 is 5.32 Å². The monoisotopic (exact) mass is 250 g/mol. The molecule has 0 heterocycles. The number of hydrogen-bond acceptors (Lipinski definition) is 3. The van der Waals surface area contributed by atoms with Gasteiger partial charge in [-0.05, 0) is 26.3 Å². The molecule has 0 spiro atoms. The fourth-order valence-corrected chi connectivity index (χ4v) is 2.78. The van der Waals surface area contributed by atoms with Crippen molar-refractivity contribution in [2.45, 2.75) is 46.1 Å². The van der Waals surface area contributed by atoms with Gasteiger partial charge in [0.15, 0.2) is 0 Å². The van der Waals surface area contributed by atoms with Gasteiger partial charge >= 0.3 is 0 Å². The lowest BCUT2D eigenvalue weighted by molar-refractivity contribution is 0.382. The fourth-order valence-electron chi connectivity index (χ4n) is 1.70. The van der Waals surface area contributed by atoms with Crippen LogP contribution in [-0.2, 0) is 10.0 Å². The van der Waals surface area contributed by atoms with Crippen LogP contribution < -0.4 is 10.0 Å². The molecule has 0 amide bonds. The molecule has 0 aromatic carbocycles. The van der Waals surface area contributed by atoms with Gasteiger partial charge in [-0.3, -0.25) is 0 Å². The number of hydrogen-bond donors (Lipinski definition) is 2. The molecule has 0 atom stereocenters. The zero-order valence-electron chi connectivity index (χ0n) is 11.1. The van der Waals surface area contributed by atoms with E-state index in [1.807, 2.05) is 13.8 Å². The standard InChI is InChI=1S/C11H26N2O2S/c1-6-10(7-2)8-12-9-11(3,4)13-16(5,14)15/h10,12-13H,6-9H2,1-5H3. The van der Waals surface area contributed by atoms with E-state index in [4.69, 9.17) is 0 Å². The molecule has 0 aliphatic heterocycles. The van der Waals surface area contributed by atoms with Crippen LogP contribution in [-0.4, -0.2) is 33.3 Å². The first-order valence-corrected chi connectivity index (χ1v) is 7.79. The van der Waals surface area contributed by atoms with E-state index in [-0.39, 0.29) is 0 Å². The highest BCUT2D eigenvalue weighted by molar-refractivity contribution is 7.88. The van der Waals surface area contributed by atoms with Gasteiger partial charge in [-0.1, -0.05) is 26.7 Å². The van der Waals surface area contributed by atoms with Gasteiger partial charge in [-0.2, -0.15) is 0 Å². The molecule has 98 valence electrons. The third-order valence-corrected chi connectivity index (χ3v) is 3.54. The van der Waals surface area contributed by atoms with Gasteiger partial charge in [0, 0.05) is 12.1 Å². The summed E-state index contributed by atoms with van der Waals surface area (Å²) in [4.78, 5) is 0. The summed E-state index contributed by atoms with van der Waals surface area (Å²) < 4.78 is 24.8. The minimum Gasteiger partial charge on any atom is -0.315 e. The zero-order chi connectivity index (χ0) is 12.8. The summed E-state index contributed by atoms with van der Waals surface area (Å²) in [5.74, 6) is 0.675. The first kappa shape index (κ1) is 15.9. The van der Waals surface area contributed by atoms with Crippen molar-refractivity contribution >= 4 is 10.0 Å². The van der Waals surface area contributed by atoms with Crippen molar-refractivity contribution in [3.05, 3.63) is 0 Å². The quantitative estimate of drug-likeness (QED) is 0.683. The van der Waals surface area contributed by atoms with Crippen molar-refractivity contribution in [3.63, 3.8) is 0 Å². The Morgan fingerprint density at radius 2 is 1.69 bits per heavy atom. The van der Waals surface area contributed by atoms with E-state index in [1.165, 1.54) is 6.26 Å². The normalized spacial score (nSPS) is 13.4. The van der Waals surface area contributed by atoms with E-state index in [2.05, 4.69) is 23.9 Å². The molecule has 0 unspecified atom stereocenters. The molecule has 5 heteroatoms. The Hall–Kier alpha value is -0.130. The van der Waals surface area contributed by atoms with Gasteiger partial charge in [0.1, 0.15) is 0 Å². The maximum absolute atomic E-state index is 11.1. The molecule has 0 fully saturated rings. The molecule has 0 aromatic rings. The maximum Gasteiger partial charge on any atom is 0.209 e. The zero-order valence-corrected chi connectivity index (χ0v) is 11.9. The minimum atomic E-state index is -3.13. The van der Waals surface area contributed by atoms with Crippen LogP contribution in [0.15, 0.2) is 0 Å². The topological polar surface area (TPSA) is 58.2 Å². The summed E-state index contributed by atoms with van der Waals surface area (Å²) in [6.07, 6.45) is 3.50. The second-order valence-electron chi connectivity index (χ2n) is 5.07. The van der Waals surface area contributed by atoms with Gasteiger partial charge in [-0.15, -0.1) is 0 Å². The molecule has 0 saturated heterocycles. The van der Waals surface area contributed by atoms with Gasteiger partial charge in [0.2, 0.25) is 10.0 Å². The van der Waals surface area contributed by atoms with Gasteiger partial charge in [0.25, 0.3) is 0 Å². The Kier molecular flexibility index (Phi) is 6.51. The SMILES string of the molecule is CCC(CC)CNCC(C)(C)NS(C)(=O)=O. The van der Waals surface area contributed by atoms with E-state index in [9.17, 15) is 8.42 Å². The smallest absolute Gasteiger partial charge is 0.209 e. The van der Waals surface area contributed by atoms with Crippen LogP contribution in [0, 0.1) is 5.92 Å². The Morgan fingerprint density at radius 3 is 2.06 bits per heavy atom. The van der Waals surface area contributed by atoms with Crippen LogP contribution in [0.5, 0.6) is 0 Å². The number of sulfonamides is 1. The van der Waals surface area contributed by atoms with Crippen molar-refractivity contribution in [1.29, 1.82) is 0 Å². The molecule has 0 radical (unpaired) electrons. The molecule has 0 aliphatic rings. The summed E-state index contributed by atoms with van der Waals surface area (Å²) in [5.41, 5.74) is -0.431. The van der Waals surface area contributed by atoms with Crippen LogP contribution >= 0.6 is 0 Å². The van der Waals surface area contributed by atoms with E-state index in [0.717, 1.165) is 19.4 Å². The lowest BCUT2D eigenvalue weighted by Gasteiger charge is -2.26. The predicted molar refractivity (Wildman–Crippen MR) is 69.0 cm³/mol. The van der Waals surface area contributed by atoms with Gasteiger partial charge in [0.05, 0.1) is 6.26 Å². The predicted octanol–water partition coefficient (Wildman–Crippen LogP) is 1.34. The Balaban J connectivity index is 4.00. The molecule has 0 aromatic heterocycles. The molecule has 0 saturated carbocycles. The van der Waals surface area contributed by atoms with Crippen molar-refractivity contribution < 1.29 is 8.42 Å². The third kappa shape index (κ3) is 8.07. The van der Waals surface area contributed by atoms with Crippen LogP contribution in [0.1, 0.15) is 40.5 Å². The summed E-state index contributed by atoms with van der Waals surface area (Å²) in [6, 6.07) is 0. The summed E-state index contributed by atoms with van der Waals surface area (Å²) in [6.45, 7) is 9.71. The van der Waals surface area contributed by atoms with Crippen molar-refractivity contribution in [1.82, 2.24) is 10.0 Å². The van der Waals surface area contributed by atoms with E-state index < -0.39 is 15.6 Å². The van der Waals surface area contributed by atoms with E-state index in [0.29, 0.717) is 12.5 Å². The number of nitrogens with one attached hydrogen (secondary N) is 2. The van der Waals surface area contributed by atoms with Gasteiger partial charge in [-0.25, -0.2) is 13.1 Å². The van der Waals surface area contributed by atoms with E-state index in [1.54, 1.807) is 0 Å². The Morgan fingerprint density at radius 1 is 1.19 bits per heavy atom. The Bertz CT molecular complexity index is 282. The molecule has 4 nitrogen and oxygen atoms in total. The first-order valence-electron chi connectivity index (χ1n) is 5.90. The molecular formula is C11H26N2O2S. The Labute approximate surface area is 100 Å². The summed E-state index contributed by atoms with van der Waals surface area (Å²) in [5, 5.41) is 3.32. The minimum absolute atomic E-state index is 0.431. The molecular weight excluding hydrogens is 224 g/mol. The molecule has 0 aliphatic carbocycles. The largest absolute Gasteiger partial charge is 0.315 e. The lowest BCUT2D eigenvalue weighted by Crippen LogP contribution is -2.50. The van der Waals surface area contributed by atoms with E-state index >= 15 is 0 Å². The second kappa shape index (κ2) is 6.57. The fraction of sp³-hybridized carbons (Fsp3) is 1.00. The third-order valence-electron chi connectivity index (χ3n) is 2.62. The highest BCUT2D eigenvalue weighted by Crippen LogP contribution is 2.07. The average Bonchev–Trinajstić information content (AvgIpc) is 2.08. The van der Waals surface area contributed by atoms with Crippen LogP contribution in [0.4, 0.5) is 0 Å². The summed E-state index contributed by atoms with van der Waals surface area (Å²) in [7, 11) is -3.13.